The van der Waals surface area contributed by atoms with Crippen LogP contribution in [0.2, 0.25) is 0 Å². The van der Waals surface area contributed by atoms with E-state index in [1.807, 2.05) is 0 Å². The number of carbonyl (C=O) groups is 1. The number of nitrogens with one attached hydrogen (secondary N) is 1. The van der Waals surface area contributed by atoms with Crippen molar-refractivity contribution < 1.29 is 23.4 Å². The van der Waals surface area contributed by atoms with E-state index in [0.717, 1.165) is 0 Å². The Hall–Kier alpha value is -2.55. The minimum Gasteiger partial charge on any atom is -0.500 e. The lowest BCUT2D eigenvalue weighted by Gasteiger charge is -2.21. The second-order valence-electron chi connectivity index (χ2n) is 5.58. The van der Waals surface area contributed by atoms with Gasteiger partial charge in [0.1, 0.15) is 18.5 Å². The molecule has 1 fully saturated rings. The topological polar surface area (TPSA) is 63.3 Å². The van der Waals surface area contributed by atoms with E-state index in [4.69, 9.17) is 26.4 Å². The molecule has 1 saturated heterocycles. The van der Waals surface area contributed by atoms with E-state index in [1.54, 1.807) is 24.1 Å². The summed E-state index contributed by atoms with van der Waals surface area (Å²) in [5.74, 6) is -0.432. The summed E-state index contributed by atoms with van der Waals surface area (Å²) < 4.78 is 29.6. The highest BCUT2D eigenvalue weighted by Crippen LogP contribution is 2.27. The molecule has 0 bridgehead atoms. The van der Waals surface area contributed by atoms with Crippen LogP contribution in [0.4, 0.5) is 20.6 Å². The van der Waals surface area contributed by atoms with Gasteiger partial charge in [-0.25, -0.2) is 9.18 Å². The van der Waals surface area contributed by atoms with Crippen LogP contribution in [-0.2, 0) is 14.2 Å². The van der Waals surface area contributed by atoms with E-state index in [1.165, 1.54) is 24.3 Å². The van der Waals surface area contributed by atoms with Gasteiger partial charge in [0.15, 0.2) is 0 Å². The lowest BCUT2D eigenvalue weighted by Crippen LogP contribution is -2.34. The van der Waals surface area contributed by atoms with Crippen LogP contribution in [0.15, 0.2) is 31.0 Å². The number of thiocarbonyl (C=S) groups is 1. The third-order valence-electron chi connectivity index (χ3n) is 3.85. The van der Waals surface area contributed by atoms with Crippen molar-refractivity contribution in [3.05, 3.63) is 36.9 Å². The summed E-state index contributed by atoms with van der Waals surface area (Å²) in [5.41, 5.74) is 0.849. The number of likely N-dealkylation sites (N-methyl/N-ethyl adjacent to an activating group) is 1. The van der Waals surface area contributed by atoms with Crippen molar-refractivity contribution in [2.24, 2.45) is 0 Å². The third kappa shape index (κ3) is 4.98. The summed E-state index contributed by atoms with van der Waals surface area (Å²) in [6.07, 6.45) is 0.411. The minimum absolute atomic E-state index is 0.221. The number of benzene rings is 1. The largest absolute Gasteiger partial charge is 0.500 e. The van der Waals surface area contributed by atoms with Gasteiger partial charge in [-0.2, -0.15) is 0 Å². The number of nitrogens with zero attached hydrogens (tertiary/aromatic N) is 2. The smallest absolute Gasteiger partial charge is 0.414 e. The molecule has 2 rings (SSSR count). The highest BCUT2D eigenvalue weighted by Gasteiger charge is 2.32. The monoisotopic (exact) mass is 383 g/mol. The quantitative estimate of drug-likeness (QED) is 0.420. The van der Waals surface area contributed by atoms with E-state index >= 15 is 0 Å². The molecule has 7 nitrogen and oxygen atoms in total. The van der Waals surface area contributed by atoms with Crippen molar-refractivity contribution in [3.63, 3.8) is 0 Å². The maximum absolute atomic E-state index is 14.5. The molecule has 9 heteroatoms. The Morgan fingerprint density at radius 3 is 3.04 bits per heavy atom. The standard InChI is InChI=1S/C17H22FN3O4S/c1-4-24-8-7-20(2)15-6-5-12(9-14(15)18)21-11-13(25-17(21)22)10-19-16(26)23-3/h4-6,9,13H,1,7-8,10-11H2,2-3H3,(H,19,26). The van der Waals surface area contributed by atoms with E-state index in [2.05, 4.69) is 11.9 Å². The fourth-order valence-electron chi connectivity index (χ4n) is 2.47. The molecule has 1 N–H and O–H groups in total. The summed E-state index contributed by atoms with van der Waals surface area (Å²) >= 11 is 4.88. The Morgan fingerprint density at radius 1 is 1.62 bits per heavy atom. The number of rotatable bonds is 8. The van der Waals surface area contributed by atoms with Gasteiger partial charge in [-0.3, -0.25) is 4.90 Å². The molecule has 1 aromatic carbocycles. The van der Waals surface area contributed by atoms with Crippen molar-refractivity contribution in [3.8, 4) is 0 Å². The Morgan fingerprint density at radius 2 is 2.38 bits per heavy atom. The van der Waals surface area contributed by atoms with Gasteiger partial charge in [-0.15, -0.1) is 0 Å². The number of hydrogen-bond donors (Lipinski definition) is 1. The van der Waals surface area contributed by atoms with Crippen LogP contribution in [0.5, 0.6) is 0 Å². The Labute approximate surface area is 157 Å². The van der Waals surface area contributed by atoms with Crippen LogP contribution in [-0.4, -0.2) is 57.8 Å². The van der Waals surface area contributed by atoms with Crippen molar-refractivity contribution in [1.82, 2.24) is 5.32 Å². The lowest BCUT2D eigenvalue weighted by molar-refractivity contribution is 0.142. The van der Waals surface area contributed by atoms with Crippen LogP contribution in [0, 0.1) is 5.82 Å². The SMILES string of the molecule is C=COCCN(C)c1ccc(N2CC(CNC(=S)OC)OC2=O)cc1F. The maximum Gasteiger partial charge on any atom is 0.414 e. The molecule has 0 aliphatic carbocycles. The van der Waals surface area contributed by atoms with Crippen LogP contribution >= 0.6 is 12.2 Å². The molecule has 142 valence electrons. The van der Waals surface area contributed by atoms with Gasteiger partial charge >= 0.3 is 6.09 Å². The van der Waals surface area contributed by atoms with E-state index in [9.17, 15) is 9.18 Å². The van der Waals surface area contributed by atoms with Gasteiger partial charge in [0.05, 0.1) is 44.4 Å². The fourth-order valence-corrected chi connectivity index (χ4v) is 2.56. The van der Waals surface area contributed by atoms with E-state index in [-0.39, 0.29) is 5.17 Å². The second-order valence-corrected chi connectivity index (χ2v) is 5.95. The highest BCUT2D eigenvalue weighted by molar-refractivity contribution is 7.80. The van der Waals surface area contributed by atoms with Crippen molar-refractivity contribution >= 4 is 34.9 Å². The van der Waals surface area contributed by atoms with Gasteiger partial charge in [0, 0.05) is 7.05 Å². The first-order valence-electron chi connectivity index (χ1n) is 7.99. The molecule has 0 spiro atoms. The molecule has 0 radical (unpaired) electrons. The first kappa shape index (κ1) is 19.8. The van der Waals surface area contributed by atoms with Gasteiger partial charge in [0.2, 0.25) is 0 Å². The zero-order chi connectivity index (χ0) is 19.1. The Kier molecular flexibility index (Phi) is 7.02. The highest BCUT2D eigenvalue weighted by atomic mass is 32.1. The van der Waals surface area contributed by atoms with Gasteiger partial charge in [0.25, 0.3) is 5.17 Å². The third-order valence-corrected chi connectivity index (χ3v) is 4.16. The van der Waals surface area contributed by atoms with Gasteiger partial charge < -0.3 is 24.4 Å². The number of amides is 1. The lowest BCUT2D eigenvalue weighted by atomic mass is 10.2. The summed E-state index contributed by atoms with van der Waals surface area (Å²) in [6.45, 7) is 4.98. The zero-order valence-electron chi connectivity index (χ0n) is 14.7. The molecular formula is C17H22FN3O4S. The number of ether oxygens (including phenoxy) is 3. The molecule has 0 saturated carbocycles. The molecule has 1 aliphatic rings. The molecule has 1 heterocycles. The summed E-state index contributed by atoms with van der Waals surface area (Å²) in [5, 5.41) is 3.05. The summed E-state index contributed by atoms with van der Waals surface area (Å²) in [6, 6.07) is 4.62. The van der Waals surface area contributed by atoms with E-state index < -0.39 is 18.0 Å². The average Bonchev–Trinajstić information content (AvgIpc) is 3.00. The summed E-state index contributed by atoms with van der Waals surface area (Å²) in [4.78, 5) is 15.2. The fraction of sp³-hybridized carbons (Fsp3) is 0.412. The number of carbonyl (C=O) groups excluding carboxylic acids is 1. The minimum atomic E-state index is -0.528. The number of methoxy groups -OCH3 is 1. The van der Waals surface area contributed by atoms with Crippen molar-refractivity contribution in [2.45, 2.75) is 6.10 Å². The molecule has 1 atom stereocenters. The van der Waals surface area contributed by atoms with Gasteiger partial charge in [-0.05, 0) is 30.4 Å². The van der Waals surface area contributed by atoms with Crippen LogP contribution in [0.25, 0.3) is 0 Å². The first-order chi connectivity index (χ1) is 12.5. The molecule has 0 aromatic heterocycles. The molecule has 1 amide bonds. The van der Waals surface area contributed by atoms with Crippen LogP contribution in [0.1, 0.15) is 0 Å². The van der Waals surface area contributed by atoms with Crippen LogP contribution < -0.4 is 15.1 Å². The molecule has 1 aliphatic heterocycles. The predicted molar refractivity (Wildman–Crippen MR) is 101 cm³/mol. The number of anilines is 2. The predicted octanol–water partition coefficient (Wildman–Crippen LogP) is 2.27. The maximum atomic E-state index is 14.5. The summed E-state index contributed by atoms with van der Waals surface area (Å²) in [7, 11) is 3.21. The Bertz CT molecular complexity index is 673. The van der Waals surface area contributed by atoms with Crippen molar-refractivity contribution in [1.29, 1.82) is 0 Å². The molecule has 26 heavy (non-hydrogen) atoms. The second kappa shape index (κ2) is 9.23. The van der Waals surface area contributed by atoms with E-state index in [0.29, 0.717) is 37.6 Å². The molecule has 1 aromatic rings. The number of hydrogen-bond acceptors (Lipinski definition) is 6. The molecule has 1 unspecified atom stereocenters. The Balaban J connectivity index is 2.00. The molecular weight excluding hydrogens is 361 g/mol. The first-order valence-corrected chi connectivity index (χ1v) is 8.40. The number of halogens is 1. The zero-order valence-corrected chi connectivity index (χ0v) is 15.6. The average molecular weight is 383 g/mol. The van der Waals surface area contributed by atoms with Crippen molar-refractivity contribution in [2.75, 3.05) is 50.2 Å². The number of cyclic esters (lactones) is 1. The van der Waals surface area contributed by atoms with Gasteiger partial charge in [-0.1, -0.05) is 6.58 Å². The normalized spacial score (nSPS) is 16.0. The van der Waals surface area contributed by atoms with Crippen LogP contribution in [0.3, 0.4) is 0 Å².